The summed E-state index contributed by atoms with van der Waals surface area (Å²) in [5.74, 6) is -0.303. The van der Waals surface area contributed by atoms with E-state index in [1.54, 1.807) is 25.3 Å². The van der Waals surface area contributed by atoms with E-state index >= 15 is 0 Å². The number of nitriles is 1. The van der Waals surface area contributed by atoms with Crippen molar-refractivity contribution in [3.05, 3.63) is 41.0 Å². The molecule has 0 amide bonds. The number of nitrogen functional groups attached to an aromatic ring is 1. The maximum atomic E-state index is 13.0. The molecular weight excluding hydrogens is 417 g/mol. The highest BCUT2D eigenvalue weighted by Crippen LogP contribution is 2.30. The van der Waals surface area contributed by atoms with Crippen LogP contribution in [0.4, 0.5) is 24.9 Å². The molecule has 11 heteroatoms. The summed E-state index contributed by atoms with van der Waals surface area (Å²) in [7, 11) is 3.50. The molecule has 2 aromatic rings. The van der Waals surface area contributed by atoms with Gasteiger partial charge in [-0.05, 0) is 32.0 Å². The van der Waals surface area contributed by atoms with Gasteiger partial charge in [-0.3, -0.25) is 4.79 Å². The van der Waals surface area contributed by atoms with E-state index in [9.17, 15) is 23.2 Å². The number of alkyl halides is 3. The molecule has 7 nitrogen and oxygen atoms in total. The van der Waals surface area contributed by atoms with E-state index in [0.717, 1.165) is 12.1 Å². The summed E-state index contributed by atoms with van der Waals surface area (Å²) >= 11 is 1.21. The van der Waals surface area contributed by atoms with Crippen molar-refractivity contribution in [1.82, 2.24) is 14.9 Å². The molecule has 1 heterocycles. The fraction of sp³-hybridized carbons (Fsp3) is 0.368. The number of hydrogen-bond donors (Lipinski definition) is 2. The van der Waals surface area contributed by atoms with Crippen LogP contribution in [0.2, 0.25) is 0 Å². The topological polar surface area (TPSA) is 108 Å². The molecule has 1 aromatic heterocycles. The molecule has 0 unspecified atom stereocenters. The van der Waals surface area contributed by atoms with Gasteiger partial charge in [-0.25, -0.2) is 4.98 Å². The van der Waals surface area contributed by atoms with Crippen molar-refractivity contribution >= 4 is 29.3 Å². The van der Waals surface area contributed by atoms with Gasteiger partial charge in [0.05, 0.1) is 11.6 Å². The maximum absolute atomic E-state index is 13.0. The zero-order chi connectivity index (χ0) is 22.5. The normalized spacial score (nSPS) is 12.5. The van der Waals surface area contributed by atoms with Crippen LogP contribution in [0, 0.1) is 11.3 Å². The number of halogens is 3. The highest BCUT2D eigenvalue weighted by atomic mass is 32.2. The Morgan fingerprint density at radius 1 is 1.37 bits per heavy atom. The minimum atomic E-state index is -4.49. The zero-order valence-electron chi connectivity index (χ0n) is 16.6. The van der Waals surface area contributed by atoms with Crippen LogP contribution in [-0.4, -0.2) is 53.6 Å². The third kappa shape index (κ3) is 6.08. The van der Waals surface area contributed by atoms with E-state index < -0.39 is 17.8 Å². The molecule has 0 bridgehead atoms. The highest BCUT2D eigenvalue weighted by molar-refractivity contribution is 7.98. The predicted octanol–water partition coefficient (Wildman–Crippen LogP) is 2.83. The van der Waals surface area contributed by atoms with Crippen LogP contribution in [0.1, 0.15) is 16.7 Å². The number of carbonyl (C=O) groups is 1. The van der Waals surface area contributed by atoms with E-state index in [1.807, 2.05) is 6.07 Å². The average molecular weight is 438 g/mol. The summed E-state index contributed by atoms with van der Waals surface area (Å²) in [4.78, 5) is 22.7. The van der Waals surface area contributed by atoms with Gasteiger partial charge in [0.1, 0.15) is 16.7 Å². The molecule has 0 spiro atoms. The van der Waals surface area contributed by atoms with Crippen LogP contribution in [0.5, 0.6) is 0 Å². The third-order valence-electron chi connectivity index (χ3n) is 4.08. The Bertz CT molecular complexity index is 958. The molecule has 30 heavy (non-hydrogen) atoms. The predicted molar refractivity (Wildman–Crippen MR) is 109 cm³/mol. The number of benzene rings is 1. The Morgan fingerprint density at radius 3 is 2.63 bits per heavy atom. The first-order chi connectivity index (χ1) is 14.0. The van der Waals surface area contributed by atoms with Gasteiger partial charge >= 0.3 is 6.18 Å². The van der Waals surface area contributed by atoms with Gasteiger partial charge in [0.25, 0.3) is 0 Å². The van der Waals surface area contributed by atoms with E-state index in [4.69, 9.17) is 5.73 Å². The van der Waals surface area contributed by atoms with E-state index in [1.165, 1.54) is 23.9 Å². The lowest BCUT2D eigenvalue weighted by molar-refractivity contribution is -0.137. The summed E-state index contributed by atoms with van der Waals surface area (Å²) in [6, 6.07) is 5.82. The van der Waals surface area contributed by atoms with Crippen LogP contribution in [0.3, 0.4) is 0 Å². The highest BCUT2D eigenvalue weighted by Gasteiger charge is 2.31. The van der Waals surface area contributed by atoms with Crippen LogP contribution in [-0.2, 0) is 17.4 Å². The molecule has 0 aliphatic carbocycles. The lowest BCUT2D eigenvalue weighted by atomic mass is 10.0. The van der Waals surface area contributed by atoms with Crippen molar-refractivity contribution in [2.75, 3.05) is 37.9 Å². The number of anilines is 2. The Hall–Kier alpha value is -2.84. The number of nitrogens with two attached hydrogens (primary N) is 1. The summed E-state index contributed by atoms with van der Waals surface area (Å²) < 4.78 is 38.9. The molecule has 0 aliphatic rings. The molecule has 0 radical (unpaired) electrons. The first-order valence-corrected chi connectivity index (χ1v) is 9.99. The van der Waals surface area contributed by atoms with E-state index in [0.29, 0.717) is 5.03 Å². The van der Waals surface area contributed by atoms with Gasteiger partial charge < -0.3 is 16.0 Å². The van der Waals surface area contributed by atoms with E-state index in [-0.39, 0.29) is 41.6 Å². The van der Waals surface area contributed by atoms with Gasteiger partial charge in [0.2, 0.25) is 5.95 Å². The van der Waals surface area contributed by atoms with Gasteiger partial charge in [-0.2, -0.15) is 23.4 Å². The third-order valence-corrected chi connectivity index (χ3v) is 4.76. The Balaban J connectivity index is 2.32. The Morgan fingerprint density at radius 2 is 2.07 bits per heavy atom. The first kappa shape index (κ1) is 23.4. The van der Waals surface area contributed by atoms with Crippen LogP contribution < -0.4 is 11.1 Å². The number of aromatic nitrogens is 2. The molecule has 0 saturated carbocycles. The smallest absolute Gasteiger partial charge is 0.368 e. The first-order valence-electron chi connectivity index (χ1n) is 8.76. The number of likely N-dealkylation sites (N-methyl/N-ethyl adjacent to an activating group) is 1. The molecule has 3 N–H and O–H groups in total. The van der Waals surface area contributed by atoms with Crippen molar-refractivity contribution in [3.8, 4) is 6.07 Å². The SMILES string of the molecule is CSc1nc(N)nc(N[C@@H](CN(C)C)C(=O)Cc2cccc(C(F)(F)F)c2)c1C#N. The number of rotatable bonds is 8. The molecule has 0 aliphatic heterocycles. The lowest BCUT2D eigenvalue weighted by Gasteiger charge is -2.23. The fourth-order valence-corrected chi connectivity index (χ4v) is 3.28. The summed E-state index contributed by atoms with van der Waals surface area (Å²) in [5, 5.41) is 12.8. The molecule has 0 saturated heterocycles. The van der Waals surface area contributed by atoms with Crippen molar-refractivity contribution in [2.45, 2.75) is 23.7 Å². The second kappa shape index (κ2) is 9.77. The minimum absolute atomic E-state index is 0.0604. The van der Waals surface area contributed by atoms with Gasteiger partial charge in [0.15, 0.2) is 11.6 Å². The van der Waals surface area contributed by atoms with Gasteiger partial charge in [-0.1, -0.05) is 18.2 Å². The van der Waals surface area contributed by atoms with E-state index in [2.05, 4.69) is 15.3 Å². The number of nitrogens with zero attached hydrogens (tertiary/aromatic N) is 4. The van der Waals surface area contributed by atoms with Crippen LogP contribution in [0.25, 0.3) is 0 Å². The van der Waals surface area contributed by atoms with Gasteiger partial charge in [-0.15, -0.1) is 11.8 Å². The van der Waals surface area contributed by atoms with Crippen molar-refractivity contribution in [2.24, 2.45) is 0 Å². The fourth-order valence-electron chi connectivity index (χ4n) is 2.75. The quantitative estimate of drug-likeness (QED) is 0.479. The molecule has 0 fully saturated rings. The second-order valence-corrected chi connectivity index (χ2v) is 7.52. The number of thioether (sulfide) groups is 1. The Kier molecular flexibility index (Phi) is 7.64. The summed E-state index contributed by atoms with van der Waals surface area (Å²) in [6.45, 7) is 0.237. The minimum Gasteiger partial charge on any atom is -0.368 e. The number of ketones is 1. The molecular formula is C19H21F3N6OS. The van der Waals surface area contributed by atoms with Crippen molar-refractivity contribution in [1.29, 1.82) is 5.26 Å². The summed E-state index contributed by atoms with van der Waals surface area (Å²) in [6.07, 6.45) is -2.98. The van der Waals surface area contributed by atoms with Crippen LogP contribution >= 0.6 is 11.8 Å². The van der Waals surface area contributed by atoms with Crippen LogP contribution in [0.15, 0.2) is 29.3 Å². The number of hydrogen-bond acceptors (Lipinski definition) is 8. The molecule has 1 aromatic carbocycles. The van der Waals surface area contributed by atoms with Gasteiger partial charge in [0, 0.05) is 13.0 Å². The largest absolute Gasteiger partial charge is 0.416 e. The molecule has 160 valence electrons. The lowest BCUT2D eigenvalue weighted by Crippen LogP contribution is -2.40. The monoisotopic (exact) mass is 438 g/mol. The summed E-state index contributed by atoms with van der Waals surface area (Å²) in [5.41, 5.74) is 5.28. The Labute approximate surface area is 176 Å². The molecule has 1 atom stereocenters. The van der Waals surface area contributed by atoms with Crippen molar-refractivity contribution < 1.29 is 18.0 Å². The second-order valence-electron chi connectivity index (χ2n) is 6.73. The maximum Gasteiger partial charge on any atom is 0.416 e. The molecule has 2 rings (SSSR count). The number of nitrogens with one attached hydrogen (secondary N) is 1. The number of Topliss-reactive ketones (excluding diaryl/α,β-unsaturated/α-hetero) is 1. The number of carbonyl (C=O) groups excluding carboxylic acids is 1. The average Bonchev–Trinajstić information content (AvgIpc) is 2.66. The standard InChI is InChI=1S/C19H21F3N6OS/c1-28(2)10-14(25-16-13(9-23)17(30-3)27-18(24)26-16)15(29)8-11-5-4-6-12(7-11)19(20,21)22/h4-7,14H,8,10H2,1-3H3,(H3,24,25,26,27)/t14-/m0/s1. The van der Waals surface area contributed by atoms with Crippen molar-refractivity contribution in [3.63, 3.8) is 0 Å². The zero-order valence-corrected chi connectivity index (χ0v) is 17.4.